The van der Waals surface area contributed by atoms with Gasteiger partial charge in [0.25, 0.3) is 0 Å². The molecular formula is C14H23BO3. The molecule has 2 N–H and O–H groups in total. The molecule has 1 rings (SSSR count). The third kappa shape index (κ3) is 5.56. The highest BCUT2D eigenvalue weighted by Gasteiger charge is 2.10. The van der Waals surface area contributed by atoms with Crippen molar-refractivity contribution in [3.05, 3.63) is 24.3 Å². The molecule has 0 spiro atoms. The van der Waals surface area contributed by atoms with Crippen LogP contribution in [0.2, 0.25) is 0 Å². The molecule has 0 unspecified atom stereocenters. The molecule has 0 fully saturated rings. The number of benzene rings is 1. The lowest BCUT2D eigenvalue weighted by Gasteiger charge is -2.14. The van der Waals surface area contributed by atoms with Gasteiger partial charge in [-0.15, -0.1) is 0 Å². The van der Waals surface area contributed by atoms with Gasteiger partial charge in [-0.05, 0) is 37.4 Å². The summed E-state index contributed by atoms with van der Waals surface area (Å²) in [7, 11) is -1.41. The van der Waals surface area contributed by atoms with Crippen molar-refractivity contribution in [3.8, 4) is 5.75 Å². The molecule has 1 aromatic carbocycles. The van der Waals surface area contributed by atoms with Crippen LogP contribution >= 0.6 is 0 Å². The summed E-state index contributed by atoms with van der Waals surface area (Å²) in [6.07, 6.45) is 6.26. The van der Waals surface area contributed by atoms with Crippen molar-refractivity contribution >= 4 is 12.6 Å². The first-order valence-electron chi connectivity index (χ1n) is 6.76. The first kappa shape index (κ1) is 15.1. The molecule has 0 radical (unpaired) electrons. The minimum atomic E-state index is -1.41. The fourth-order valence-electron chi connectivity index (χ4n) is 1.87. The van der Waals surface area contributed by atoms with Crippen LogP contribution in [0.5, 0.6) is 5.75 Å². The first-order chi connectivity index (χ1) is 8.63. The molecule has 1 atom stereocenters. The molecular weight excluding hydrogens is 227 g/mol. The topological polar surface area (TPSA) is 49.7 Å². The monoisotopic (exact) mass is 250 g/mol. The third-order valence-corrected chi connectivity index (χ3v) is 2.98. The quantitative estimate of drug-likeness (QED) is 0.548. The third-order valence-electron chi connectivity index (χ3n) is 2.98. The molecule has 0 amide bonds. The van der Waals surface area contributed by atoms with Gasteiger partial charge in [0.1, 0.15) is 5.75 Å². The van der Waals surface area contributed by atoms with Gasteiger partial charge < -0.3 is 14.8 Å². The Hall–Kier alpha value is -0.995. The minimum absolute atomic E-state index is 0.201. The first-order valence-corrected chi connectivity index (χ1v) is 6.76. The van der Waals surface area contributed by atoms with Crippen molar-refractivity contribution in [3.63, 3.8) is 0 Å². The van der Waals surface area contributed by atoms with E-state index in [0.717, 1.165) is 12.2 Å². The Balaban J connectivity index is 2.32. The molecule has 18 heavy (non-hydrogen) atoms. The zero-order valence-electron chi connectivity index (χ0n) is 11.3. The second-order valence-electron chi connectivity index (χ2n) is 4.72. The molecule has 0 aliphatic carbocycles. The molecule has 100 valence electrons. The van der Waals surface area contributed by atoms with Crippen molar-refractivity contribution in [2.24, 2.45) is 0 Å². The van der Waals surface area contributed by atoms with Gasteiger partial charge in [0.05, 0.1) is 6.10 Å². The van der Waals surface area contributed by atoms with E-state index in [1.54, 1.807) is 24.3 Å². The average molecular weight is 250 g/mol. The summed E-state index contributed by atoms with van der Waals surface area (Å²) in [6.45, 7) is 4.28. The molecule has 0 saturated carbocycles. The molecule has 0 aromatic heterocycles. The smallest absolute Gasteiger partial charge is 0.488 e. The molecule has 0 bridgehead atoms. The molecule has 0 aliphatic rings. The Bertz CT molecular complexity index is 324. The summed E-state index contributed by atoms with van der Waals surface area (Å²) in [5, 5.41) is 18.0. The van der Waals surface area contributed by atoms with Crippen LogP contribution in [-0.2, 0) is 0 Å². The molecule has 3 nitrogen and oxygen atoms in total. The van der Waals surface area contributed by atoms with E-state index in [2.05, 4.69) is 13.8 Å². The van der Waals surface area contributed by atoms with Gasteiger partial charge in [0.15, 0.2) is 0 Å². The fourth-order valence-corrected chi connectivity index (χ4v) is 1.87. The lowest BCUT2D eigenvalue weighted by molar-refractivity contribution is 0.206. The summed E-state index contributed by atoms with van der Waals surface area (Å²) in [4.78, 5) is 0. The number of unbranched alkanes of at least 4 members (excludes halogenated alkanes) is 3. The van der Waals surface area contributed by atoms with Crippen molar-refractivity contribution in [1.82, 2.24) is 0 Å². The van der Waals surface area contributed by atoms with Gasteiger partial charge in [-0.2, -0.15) is 0 Å². The fraction of sp³-hybridized carbons (Fsp3) is 0.571. The summed E-state index contributed by atoms with van der Waals surface area (Å²) >= 11 is 0. The summed E-state index contributed by atoms with van der Waals surface area (Å²) in [5.41, 5.74) is 0.484. The predicted molar refractivity (Wildman–Crippen MR) is 75.1 cm³/mol. The summed E-state index contributed by atoms with van der Waals surface area (Å²) in [6, 6.07) is 6.89. The van der Waals surface area contributed by atoms with Crippen molar-refractivity contribution in [2.45, 2.75) is 52.1 Å². The van der Waals surface area contributed by atoms with E-state index in [4.69, 9.17) is 14.8 Å². The lowest BCUT2D eigenvalue weighted by Crippen LogP contribution is -2.29. The normalized spacial score (nSPS) is 12.2. The zero-order valence-corrected chi connectivity index (χ0v) is 11.3. The lowest BCUT2D eigenvalue weighted by atomic mass is 9.80. The minimum Gasteiger partial charge on any atom is -0.491 e. The van der Waals surface area contributed by atoms with E-state index < -0.39 is 7.12 Å². The zero-order chi connectivity index (χ0) is 13.4. The van der Waals surface area contributed by atoms with E-state index in [1.807, 2.05) is 0 Å². The van der Waals surface area contributed by atoms with Crippen LogP contribution in [-0.4, -0.2) is 23.3 Å². The van der Waals surface area contributed by atoms with Crippen LogP contribution in [0.25, 0.3) is 0 Å². The second-order valence-corrected chi connectivity index (χ2v) is 4.72. The molecule has 4 heteroatoms. The summed E-state index contributed by atoms with van der Waals surface area (Å²) < 4.78 is 5.77. The molecule has 0 heterocycles. The van der Waals surface area contributed by atoms with E-state index >= 15 is 0 Å². The number of rotatable bonds is 8. The Labute approximate surface area is 110 Å². The molecule has 1 aromatic rings. The average Bonchev–Trinajstić information content (AvgIpc) is 2.35. The largest absolute Gasteiger partial charge is 0.491 e. The Morgan fingerprint density at radius 3 is 2.33 bits per heavy atom. The Kier molecular flexibility index (Phi) is 6.84. The molecule has 0 saturated heterocycles. The number of ether oxygens (including phenoxy) is 1. The maximum absolute atomic E-state index is 8.98. The van der Waals surface area contributed by atoms with Gasteiger partial charge in [0, 0.05) is 0 Å². The van der Waals surface area contributed by atoms with Crippen LogP contribution in [0.4, 0.5) is 0 Å². The van der Waals surface area contributed by atoms with Gasteiger partial charge in [-0.3, -0.25) is 0 Å². The van der Waals surface area contributed by atoms with E-state index in [9.17, 15) is 0 Å². The predicted octanol–water partition coefficient (Wildman–Crippen LogP) is 2.10. The van der Waals surface area contributed by atoms with Crippen LogP contribution in [0.3, 0.4) is 0 Å². The van der Waals surface area contributed by atoms with Crippen molar-refractivity contribution in [2.75, 3.05) is 0 Å². The Morgan fingerprint density at radius 1 is 1.11 bits per heavy atom. The van der Waals surface area contributed by atoms with Gasteiger partial charge >= 0.3 is 7.12 Å². The summed E-state index contributed by atoms with van der Waals surface area (Å²) in [5.74, 6) is 0.780. The number of hydrogen-bond donors (Lipinski definition) is 2. The van der Waals surface area contributed by atoms with Crippen molar-refractivity contribution in [1.29, 1.82) is 0 Å². The highest BCUT2D eigenvalue weighted by atomic mass is 16.5. The van der Waals surface area contributed by atoms with Gasteiger partial charge in [0.2, 0.25) is 0 Å². The molecule has 0 aliphatic heterocycles. The number of hydrogen-bond acceptors (Lipinski definition) is 3. The van der Waals surface area contributed by atoms with E-state index in [-0.39, 0.29) is 6.10 Å². The maximum Gasteiger partial charge on any atom is 0.488 e. The van der Waals surface area contributed by atoms with Crippen LogP contribution in [0.15, 0.2) is 24.3 Å². The maximum atomic E-state index is 8.98. The highest BCUT2D eigenvalue weighted by Crippen LogP contribution is 2.14. The van der Waals surface area contributed by atoms with E-state index in [1.165, 1.54) is 25.7 Å². The van der Waals surface area contributed by atoms with Crippen LogP contribution in [0, 0.1) is 0 Å². The second kappa shape index (κ2) is 8.17. The van der Waals surface area contributed by atoms with Gasteiger partial charge in [-0.1, -0.05) is 38.3 Å². The van der Waals surface area contributed by atoms with Crippen LogP contribution in [0.1, 0.15) is 46.0 Å². The standard InChI is InChI=1S/C14H23BO3/c1-3-4-5-6-7-12(2)18-14-10-8-13(9-11-14)15(16)17/h8-12,16-17H,3-7H2,1-2H3/t12-/m0/s1. The van der Waals surface area contributed by atoms with Gasteiger partial charge in [-0.25, -0.2) is 0 Å². The highest BCUT2D eigenvalue weighted by molar-refractivity contribution is 6.58. The SMILES string of the molecule is CCCCCC[C@H](C)Oc1ccc(B(O)O)cc1. The van der Waals surface area contributed by atoms with Crippen molar-refractivity contribution < 1.29 is 14.8 Å². The Morgan fingerprint density at radius 2 is 1.78 bits per heavy atom. The van der Waals surface area contributed by atoms with E-state index in [0.29, 0.717) is 5.46 Å². The van der Waals surface area contributed by atoms with Crippen LogP contribution < -0.4 is 10.2 Å².